The molecule has 2 N–H and O–H groups in total. The molecule has 0 spiro atoms. The fraction of sp³-hybridized carbons (Fsp3) is 0.368. The molecule has 1 aromatic carbocycles. The number of pyridine rings is 1. The Labute approximate surface area is 172 Å². The molecule has 142 valence electrons. The summed E-state index contributed by atoms with van der Waals surface area (Å²) in [7, 11) is 3.31. The van der Waals surface area contributed by atoms with Gasteiger partial charge in [0.2, 0.25) is 5.88 Å². The fourth-order valence-electron chi connectivity index (χ4n) is 2.46. The number of halogens is 1. The van der Waals surface area contributed by atoms with Crippen LogP contribution in [0.2, 0.25) is 0 Å². The Hall–Kier alpha value is -2.03. The quantitative estimate of drug-likeness (QED) is 0.353. The summed E-state index contributed by atoms with van der Waals surface area (Å²) in [6.07, 6.45) is 2.56. The third kappa shape index (κ3) is 6.70. The van der Waals surface area contributed by atoms with Crippen LogP contribution in [0.5, 0.6) is 11.6 Å². The summed E-state index contributed by atoms with van der Waals surface area (Å²) in [5.74, 6) is 2.28. The first-order chi connectivity index (χ1) is 12.3. The summed E-state index contributed by atoms with van der Waals surface area (Å²) in [5, 5.41) is 6.60. The molecule has 1 heterocycles. The van der Waals surface area contributed by atoms with Gasteiger partial charge in [-0.2, -0.15) is 0 Å². The highest BCUT2D eigenvalue weighted by Gasteiger charge is 2.05. The number of ether oxygens (including phenoxy) is 2. The molecule has 0 radical (unpaired) electrons. The predicted octanol–water partition coefficient (Wildman–Crippen LogP) is 3.01. The van der Waals surface area contributed by atoms with E-state index in [2.05, 4.69) is 26.7 Å². The van der Waals surface area contributed by atoms with Gasteiger partial charge in [0.25, 0.3) is 0 Å². The van der Waals surface area contributed by atoms with Crippen molar-refractivity contribution in [3.63, 3.8) is 0 Å². The van der Waals surface area contributed by atoms with Crippen LogP contribution in [0.15, 0.2) is 47.6 Å². The van der Waals surface area contributed by atoms with Crippen LogP contribution in [0.25, 0.3) is 0 Å². The predicted molar refractivity (Wildman–Crippen MR) is 116 cm³/mol. The Morgan fingerprint density at radius 1 is 1.04 bits per heavy atom. The number of para-hydroxylation sites is 1. The zero-order valence-electron chi connectivity index (χ0n) is 15.5. The standard InChI is InChI=1S/C19H26N4O2.HI/c1-4-20-19(23-14-16-9-7-12-21-18(16)25-3)22-13-11-15-8-5-6-10-17(15)24-2;/h5-10,12H,4,11,13-14H2,1-3H3,(H2,20,22,23);1H. The number of methoxy groups -OCH3 is 2. The summed E-state index contributed by atoms with van der Waals surface area (Å²) in [6, 6.07) is 11.9. The molecule has 2 rings (SSSR count). The molecule has 0 fully saturated rings. The molecule has 0 bridgehead atoms. The molecule has 7 heteroatoms. The molecular weight excluding hydrogens is 443 g/mol. The number of nitrogens with zero attached hydrogens (tertiary/aromatic N) is 2. The number of hydrogen-bond acceptors (Lipinski definition) is 4. The van der Waals surface area contributed by atoms with Gasteiger partial charge in [-0.25, -0.2) is 9.98 Å². The Bertz CT molecular complexity index is 695. The molecule has 0 aliphatic rings. The summed E-state index contributed by atoms with van der Waals surface area (Å²) in [6.45, 7) is 4.10. The first-order valence-electron chi connectivity index (χ1n) is 8.40. The monoisotopic (exact) mass is 470 g/mol. The molecule has 1 aromatic heterocycles. The van der Waals surface area contributed by atoms with Gasteiger partial charge in [0.05, 0.1) is 20.8 Å². The van der Waals surface area contributed by atoms with Crippen molar-refractivity contribution < 1.29 is 9.47 Å². The molecule has 0 saturated carbocycles. The minimum Gasteiger partial charge on any atom is -0.496 e. The second kappa shape index (κ2) is 12.3. The highest BCUT2D eigenvalue weighted by atomic mass is 127. The Balaban J connectivity index is 0.00000338. The highest BCUT2D eigenvalue weighted by Crippen LogP contribution is 2.17. The smallest absolute Gasteiger partial charge is 0.218 e. The zero-order valence-corrected chi connectivity index (χ0v) is 17.8. The lowest BCUT2D eigenvalue weighted by Gasteiger charge is -2.13. The summed E-state index contributed by atoms with van der Waals surface area (Å²) in [4.78, 5) is 8.81. The second-order valence-corrected chi connectivity index (χ2v) is 5.36. The van der Waals surface area contributed by atoms with Crippen molar-refractivity contribution >= 4 is 29.9 Å². The van der Waals surface area contributed by atoms with Crippen LogP contribution in [0.1, 0.15) is 18.1 Å². The molecular formula is C19H27IN4O2. The fourth-order valence-corrected chi connectivity index (χ4v) is 2.46. The molecule has 0 unspecified atom stereocenters. The van der Waals surface area contributed by atoms with Crippen LogP contribution >= 0.6 is 24.0 Å². The van der Waals surface area contributed by atoms with E-state index in [0.717, 1.165) is 36.8 Å². The molecule has 0 aliphatic heterocycles. The maximum Gasteiger partial charge on any atom is 0.218 e. The minimum atomic E-state index is 0. The number of nitrogens with one attached hydrogen (secondary N) is 2. The van der Waals surface area contributed by atoms with Crippen molar-refractivity contribution in [1.29, 1.82) is 0 Å². The average Bonchev–Trinajstić information content (AvgIpc) is 2.66. The zero-order chi connectivity index (χ0) is 17.9. The Morgan fingerprint density at radius 3 is 2.54 bits per heavy atom. The molecule has 0 saturated heterocycles. The van der Waals surface area contributed by atoms with E-state index >= 15 is 0 Å². The first kappa shape index (κ1) is 22.0. The van der Waals surface area contributed by atoms with Crippen LogP contribution in [0.4, 0.5) is 0 Å². The lowest BCUT2D eigenvalue weighted by Crippen LogP contribution is -2.38. The van der Waals surface area contributed by atoms with Gasteiger partial charge in [-0.3, -0.25) is 0 Å². The van der Waals surface area contributed by atoms with Gasteiger partial charge in [0.1, 0.15) is 5.75 Å². The van der Waals surface area contributed by atoms with Gasteiger partial charge in [0, 0.05) is 24.8 Å². The van der Waals surface area contributed by atoms with Gasteiger partial charge in [-0.15, -0.1) is 24.0 Å². The lowest BCUT2D eigenvalue weighted by molar-refractivity contribution is 0.392. The van der Waals surface area contributed by atoms with Crippen LogP contribution in [-0.2, 0) is 13.0 Å². The van der Waals surface area contributed by atoms with Gasteiger partial charge in [-0.1, -0.05) is 24.3 Å². The van der Waals surface area contributed by atoms with Crippen molar-refractivity contribution in [3.8, 4) is 11.6 Å². The largest absolute Gasteiger partial charge is 0.496 e. The molecule has 0 amide bonds. The average molecular weight is 470 g/mol. The minimum absolute atomic E-state index is 0. The maximum atomic E-state index is 5.39. The van der Waals surface area contributed by atoms with Crippen molar-refractivity contribution in [2.75, 3.05) is 27.3 Å². The normalized spacial score (nSPS) is 10.7. The summed E-state index contributed by atoms with van der Waals surface area (Å²) >= 11 is 0. The topological polar surface area (TPSA) is 67.8 Å². The van der Waals surface area contributed by atoms with E-state index in [4.69, 9.17) is 9.47 Å². The van der Waals surface area contributed by atoms with Crippen LogP contribution in [-0.4, -0.2) is 38.3 Å². The van der Waals surface area contributed by atoms with E-state index in [0.29, 0.717) is 12.4 Å². The van der Waals surface area contributed by atoms with Gasteiger partial charge < -0.3 is 20.1 Å². The molecule has 0 atom stereocenters. The Morgan fingerprint density at radius 2 is 1.81 bits per heavy atom. The third-order valence-corrected chi connectivity index (χ3v) is 3.67. The second-order valence-electron chi connectivity index (χ2n) is 5.36. The first-order valence-corrected chi connectivity index (χ1v) is 8.40. The van der Waals surface area contributed by atoms with E-state index in [1.807, 2.05) is 37.3 Å². The molecule has 6 nitrogen and oxygen atoms in total. The van der Waals surface area contributed by atoms with Crippen LogP contribution in [0.3, 0.4) is 0 Å². The van der Waals surface area contributed by atoms with Crippen LogP contribution in [0, 0.1) is 0 Å². The number of hydrogen-bond donors (Lipinski definition) is 2. The molecule has 0 aliphatic carbocycles. The molecule has 26 heavy (non-hydrogen) atoms. The van der Waals surface area contributed by atoms with Gasteiger partial charge in [-0.05, 0) is 31.0 Å². The number of rotatable bonds is 8. The third-order valence-electron chi connectivity index (χ3n) is 3.67. The lowest BCUT2D eigenvalue weighted by atomic mass is 10.1. The number of guanidine groups is 1. The number of aliphatic imine (C=N–C) groups is 1. The van der Waals surface area contributed by atoms with E-state index in [1.54, 1.807) is 20.4 Å². The van der Waals surface area contributed by atoms with Crippen molar-refractivity contribution in [1.82, 2.24) is 15.6 Å². The summed E-state index contributed by atoms with van der Waals surface area (Å²) < 4.78 is 10.7. The Kier molecular flexibility index (Phi) is 10.5. The van der Waals surface area contributed by atoms with Crippen molar-refractivity contribution in [2.45, 2.75) is 19.9 Å². The highest BCUT2D eigenvalue weighted by molar-refractivity contribution is 14.0. The van der Waals surface area contributed by atoms with Crippen molar-refractivity contribution in [3.05, 3.63) is 53.7 Å². The molecule has 2 aromatic rings. The number of benzene rings is 1. The van der Waals surface area contributed by atoms with E-state index < -0.39 is 0 Å². The number of aromatic nitrogens is 1. The van der Waals surface area contributed by atoms with E-state index in [9.17, 15) is 0 Å². The van der Waals surface area contributed by atoms with Crippen LogP contribution < -0.4 is 20.1 Å². The SMILES string of the molecule is CCNC(=NCc1cccnc1OC)NCCc1ccccc1OC.I. The van der Waals surface area contributed by atoms with E-state index in [1.165, 1.54) is 5.56 Å². The maximum absolute atomic E-state index is 5.39. The van der Waals surface area contributed by atoms with Gasteiger partial charge >= 0.3 is 0 Å². The van der Waals surface area contributed by atoms with Crippen molar-refractivity contribution in [2.24, 2.45) is 4.99 Å². The van der Waals surface area contributed by atoms with Gasteiger partial charge in [0.15, 0.2) is 5.96 Å². The van der Waals surface area contributed by atoms with E-state index in [-0.39, 0.29) is 24.0 Å². The summed E-state index contributed by atoms with van der Waals surface area (Å²) in [5.41, 5.74) is 2.12.